The number of likely N-dealkylation sites (tertiary alicyclic amines) is 1. The van der Waals surface area contributed by atoms with Crippen LogP contribution in [0, 0.1) is 6.92 Å². The molecule has 2 atom stereocenters. The molecule has 1 aromatic rings. The zero-order valence-corrected chi connectivity index (χ0v) is 11.3. The summed E-state index contributed by atoms with van der Waals surface area (Å²) in [5.74, 6) is 0.256. The Labute approximate surface area is 107 Å². The monoisotopic (exact) mass is 252 g/mol. The molecule has 1 aliphatic heterocycles. The average molecular weight is 252 g/mol. The Kier molecular flexibility index (Phi) is 3.84. The Bertz CT molecular complexity index is 402. The molecule has 2 rings (SSSR count). The van der Waals surface area contributed by atoms with Crippen LogP contribution in [-0.4, -0.2) is 23.4 Å². The van der Waals surface area contributed by atoms with Gasteiger partial charge < -0.3 is 10.6 Å². The van der Waals surface area contributed by atoms with Crippen molar-refractivity contribution in [3.05, 3.63) is 21.9 Å². The fourth-order valence-electron chi connectivity index (χ4n) is 2.51. The molecular weight excluding hydrogens is 232 g/mol. The summed E-state index contributed by atoms with van der Waals surface area (Å²) in [5, 5.41) is 2.08. The van der Waals surface area contributed by atoms with Crippen LogP contribution in [0.2, 0.25) is 0 Å². The molecule has 1 saturated heterocycles. The van der Waals surface area contributed by atoms with Crippen LogP contribution in [0.4, 0.5) is 0 Å². The van der Waals surface area contributed by atoms with E-state index >= 15 is 0 Å². The molecule has 2 unspecified atom stereocenters. The van der Waals surface area contributed by atoms with E-state index in [0.717, 1.165) is 19.4 Å². The highest BCUT2D eigenvalue weighted by molar-refractivity contribution is 7.10. The van der Waals surface area contributed by atoms with E-state index < -0.39 is 0 Å². The molecule has 17 heavy (non-hydrogen) atoms. The van der Waals surface area contributed by atoms with Crippen molar-refractivity contribution >= 4 is 17.2 Å². The Morgan fingerprint density at radius 1 is 1.59 bits per heavy atom. The highest BCUT2D eigenvalue weighted by Crippen LogP contribution is 2.35. The van der Waals surface area contributed by atoms with Gasteiger partial charge in [-0.1, -0.05) is 6.92 Å². The van der Waals surface area contributed by atoms with Crippen molar-refractivity contribution < 1.29 is 4.79 Å². The number of amides is 1. The number of piperidine rings is 1. The standard InChI is InChI=1S/C13H20N2OS/c1-3-7-15-11(16)5-4-10(14)12(15)13-9(2)6-8-17-13/h6,8,10,12H,3-5,7,14H2,1-2H3. The molecule has 0 spiro atoms. The smallest absolute Gasteiger partial charge is 0.223 e. The number of rotatable bonds is 3. The maximum atomic E-state index is 12.0. The molecule has 0 radical (unpaired) electrons. The minimum absolute atomic E-state index is 0.0802. The van der Waals surface area contributed by atoms with Crippen LogP contribution < -0.4 is 5.73 Å². The first-order valence-electron chi connectivity index (χ1n) is 6.24. The van der Waals surface area contributed by atoms with Gasteiger partial charge in [-0.15, -0.1) is 11.3 Å². The van der Waals surface area contributed by atoms with Crippen LogP contribution in [-0.2, 0) is 4.79 Å². The van der Waals surface area contributed by atoms with E-state index in [-0.39, 0.29) is 18.0 Å². The topological polar surface area (TPSA) is 46.3 Å². The first-order valence-corrected chi connectivity index (χ1v) is 7.12. The zero-order chi connectivity index (χ0) is 12.4. The third-order valence-electron chi connectivity index (χ3n) is 3.39. The van der Waals surface area contributed by atoms with E-state index in [1.54, 1.807) is 11.3 Å². The Morgan fingerprint density at radius 2 is 2.35 bits per heavy atom. The van der Waals surface area contributed by atoms with Crippen molar-refractivity contribution in [2.24, 2.45) is 5.73 Å². The highest BCUT2D eigenvalue weighted by atomic mass is 32.1. The fraction of sp³-hybridized carbons (Fsp3) is 0.615. The molecule has 4 heteroatoms. The summed E-state index contributed by atoms with van der Waals surface area (Å²) < 4.78 is 0. The minimum Gasteiger partial charge on any atom is -0.333 e. The molecule has 94 valence electrons. The molecule has 2 heterocycles. The van der Waals surface area contributed by atoms with Crippen molar-refractivity contribution in [3.63, 3.8) is 0 Å². The first kappa shape index (κ1) is 12.6. The fourth-order valence-corrected chi connectivity index (χ4v) is 3.62. The maximum absolute atomic E-state index is 12.0. The zero-order valence-electron chi connectivity index (χ0n) is 10.5. The summed E-state index contributed by atoms with van der Waals surface area (Å²) in [7, 11) is 0. The van der Waals surface area contributed by atoms with Gasteiger partial charge in [0.1, 0.15) is 0 Å². The van der Waals surface area contributed by atoms with E-state index in [1.165, 1.54) is 10.4 Å². The molecule has 1 aliphatic rings. The van der Waals surface area contributed by atoms with Crippen LogP contribution in [0.3, 0.4) is 0 Å². The van der Waals surface area contributed by atoms with Crippen molar-refractivity contribution in [1.82, 2.24) is 4.90 Å². The van der Waals surface area contributed by atoms with Crippen LogP contribution in [0.1, 0.15) is 42.7 Å². The van der Waals surface area contributed by atoms with E-state index in [4.69, 9.17) is 5.73 Å². The normalized spacial score (nSPS) is 25.4. The molecule has 0 aromatic carbocycles. The van der Waals surface area contributed by atoms with E-state index in [0.29, 0.717) is 6.42 Å². The van der Waals surface area contributed by atoms with Gasteiger partial charge in [-0.2, -0.15) is 0 Å². The number of aryl methyl sites for hydroxylation is 1. The summed E-state index contributed by atoms with van der Waals surface area (Å²) in [4.78, 5) is 15.3. The number of nitrogens with two attached hydrogens (primary N) is 1. The third-order valence-corrected chi connectivity index (χ3v) is 4.48. The molecular formula is C13H20N2OS. The molecule has 1 aromatic heterocycles. The lowest BCUT2D eigenvalue weighted by Gasteiger charge is -2.39. The SMILES string of the molecule is CCCN1C(=O)CCC(N)C1c1sccc1C. The lowest BCUT2D eigenvalue weighted by Crippen LogP contribution is -2.48. The predicted molar refractivity (Wildman–Crippen MR) is 71.0 cm³/mol. The maximum Gasteiger partial charge on any atom is 0.223 e. The second-order valence-electron chi connectivity index (χ2n) is 4.70. The summed E-state index contributed by atoms with van der Waals surface area (Å²) in [6.07, 6.45) is 2.39. The number of carbonyl (C=O) groups is 1. The van der Waals surface area contributed by atoms with E-state index in [1.807, 2.05) is 4.90 Å². The van der Waals surface area contributed by atoms with Gasteiger partial charge in [0.05, 0.1) is 6.04 Å². The molecule has 0 bridgehead atoms. The quantitative estimate of drug-likeness (QED) is 0.898. The Hall–Kier alpha value is -0.870. The van der Waals surface area contributed by atoms with E-state index in [9.17, 15) is 4.79 Å². The molecule has 3 nitrogen and oxygen atoms in total. The summed E-state index contributed by atoms with van der Waals surface area (Å²) in [6.45, 7) is 5.02. The number of thiophene rings is 1. The number of carbonyl (C=O) groups excluding carboxylic acids is 1. The molecule has 1 fully saturated rings. The lowest BCUT2D eigenvalue weighted by atomic mass is 9.93. The lowest BCUT2D eigenvalue weighted by molar-refractivity contribution is -0.137. The van der Waals surface area contributed by atoms with Gasteiger partial charge in [0.15, 0.2) is 0 Å². The second kappa shape index (κ2) is 5.19. The number of hydrogen-bond acceptors (Lipinski definition) is 3. The van der Waals surface area contributed by atoms with E-state index in [2.05, 4.69) is 25.3 Å². The summed E-state index contributed by atoms with van der Waals surface area (Å²) in [6, 6.07) is 2.28. The Morgan fingerprint density at radius 3 is 2.94 bits per heavy atom. The Balaban J connectivity index is 2.32. The van der Waals surface area contributed by atoms with Crippen LogP contribution >= 0.6 is 11.3 Å². The van der Waals surface area contributed by atoms with Gasteiger partial charge in [-0.05, 0) is 36.8 Å². The first-order chi connectivity index (χ1) is 8.15. The number of hydrogen-bond donors (Lipinski definition) is 1. The summed E-state index contributed by atoms with van der Waals surface area (Å²) >= 11 is 1.72. The van der Waals surface area contributed by atoms with Gasteiger partial charge in [-0.25, -0.2) is 0 Å². The van der Waals surface area contributed by atoms with Gasteiger partial charge in [0, 0.05) is 23.9 Å². The van der Waals surface area contributed by atoms with Gasteiger partial charge >= 0.3 is 0 Å². The molecule has 0 saturated carbocycles. The summed E-state index contributed by atoms with van der Waals surface area (Å²) in [5.41, 5.74) is 7.49. The van der Waals surface area contributed by atoms with Crippen molar-refractivity contribution in [1.29, 1.82) is 0 Å². The average Bonchev–Trinajstić information content (AvgIpc) is 2.71. The largest absolute Gasteiger partial charge is 0.333 e. The van der Waals surface area contributed by atoms with Crippen LogP contribution in [0.5, 0.6) is 0 Å². The molecule has 0 aliphatic carbocycles. The van der Waals surface area contributed by atoms with Gasteiger partial charge in [-0.3, -0.25) is 4.79 Å². The van der Waals surface area contributed by atoms with Crippen molar-refractivity contribution in [2.45, 2.75) is 45.2 Å². The van der Waals surface area contributed by atoms with Gasteiger partial charge in [0.25, 0.3) is 0 Å². The highest BCUT2D eigenvalue weighted by Gasteiger charge is 2.35. The minimum atomic E-state index is 0.0802. The molecule has 2 N–H and O–H groups in total. The second-order valence-corrected chi connectivity index (χ2v) is 5.65. The van der Waals surface area contributed by atoms with Crippen LogP contribution in [0.15, 0.2) is 11.4 Å². The van der Waals surface area contributed by atoms with Crippen molar-refractivity contribution in [3.8, 4) is 0 Å². The third kappa shape index (κ3) is 2.38. The molecule has 1 amide bonds. The van der Waals surface area contributed by atoms with Gasteiger partial charge in [0.2, 0.25) is 5.91 Å². The number of nitrogens with zero attached hydrogens (tertiary/aromatic N) is 1. The van der Waals surface area contributed by atoms with Crippen molar-refractivity contribution in [2.75, 3.05) is 6.54 Å². The van der Waals surface area contributed by atoms with Crippen LogP contribution in [0.25, 0.3) is 0 Å². The predicted octanol–water partition coefficient (Wildman–Crippen LogP) is 2.46.